The van der Waals surface area contributed by atoms with Gasteiger partial charge in [0.1, 0.15) is 5.75 Å². The Morgan fingerprint density at radius 2 is 2.28 bits per heavy atom. The third-order valence-corrected chi connectivity index (χ3v) is 2.38. The SMILES string of the molecule is CC1Oc2ccc(NC(=O)CN)cc2NC1=O.Cl. The molecular weight excluding hydrogens is 258 g/mol. The van der Waals surface area contributed by atoms with Crippen molar-refractivity contribution >= 4 is 35.6 Å². The van der Waals surface area contributed by atoms with Gasteiger partial charge >= 0.3 is 0 Å². The minimum atomic E-state index is -0.507. The van der Waals surface area contributed by atoms with E-state index >= 15 is 0 Å². The molecule has 98 valence electrons. The first-order valence-corrected chi connectivity index (χ1v) is 5.21. The molecule has 2 amide bonds. The zero-order valence-corrected chi connectivity index (χ0v) is 10.5. The number of fused-ring (bicyclic) bond motifs is 1. The molecule has 18 heavy (non-hydrogen) atoms. The summed E-state index contributed by atoms with van der Waals surface area (Å²) in [4.78, 5) is 22.5. The molecule has 4 N–H and O–H groups in total. The monoisotopic (exact) mass is 271 g/mol. The second-order valence-electron chi connectivity index (χ2n) is 3.71. The van der Waals surface area contributed by atoms with Crippen molar-refractivity contribution in [2.75, 3.05) is 17.2 Å². The van der Waals surface area contributed by atoms with Crippen molar-refractivity contribution in [2.24, 2.45) is 5.73 Å². The van der Waals surface area contributed by atoms with E-state index in [-0.39, 0.29) is 30.8 Å². The van der Waals surface area contributed by atoms with Gasteiger partial charge in [0.25, 0.3) is 5.91 Å². The molecule has 1 aromatic rings. The predicted octanol–water partition coefficient (Wildman–Crippen LogP) is 0.725. The maximum atomic E-state index is 11.4. The van der Waals surface area contributed by atoms with E-state index in [2.05, 4.69) is 10.6 Å². The van der Waals surface area contributed by atoms with Crippen molar-refractivity contribution in [3.63, 3.8) is 0 Å². The van der Waals surface area contributed by atoms with Crippen molar-refractivity contribution in [3.8, 4) is 5.75 Å². The molecule has 1 aliphatic rings. The van der Waals surface area contributed by atoms with E-state index in [9.17, 15) is 9.59 Å². The van der Waals surface area contributed by atoms with Crippen LogP contribution in [-0.4, -0.2) is 24.5 Å². The fourth-order valence-corrected chi connectivity index (χ4v) is 1.50. The highest BCUT2D eigenvalue weighted by atomic mass is 35.5. The first kappa shape index (κ1) is 14.3. The van der Waals surface area contributed by atoms with Gasteiger partial charge in [0.2, 0.25) is 5.91 Å². The maximum absolute atomic E-state index is 11.4. The number of benzene rings is 1. The van der Waals surface area contributed by atoms with E-state index in [1.54, 1.807) is 25.1 Å². The molecule has 6 nitrogen and oxygen atoms in total. The molecule has 1 unspecified atom stereocenters. The van der Waals surface area contributed by atoms with Crippen molar-refractivity contribution in [1.82, 2.24) is 0 Å². The lowest BCUT2D eigenvalue weighted by Gasteiger charge is -2.23. The average molecular weight is 272 g/mol. The summed E-state index contributed by atoms with van der Waals surface area (Å²) in [5.41, 5.74) is 6.30. The number of hydrogen-bond donors (Lipinski definition) is 3. The molecule has 1 aliphatic heterocycles. The van der Waals surface area contributed by atoms with Crippen LogP contribution < -0.4 is 21.1 Å². The molecule has 2 rings (SSSR count). The van der Waals surface area contributed by atoms with Gasteiger partial charge in [0.15, 0.2) is 6.10 Å². The Balaban J connectivity index is 0.00000162. The summed E-state index contributed by atoms with van der Waals surface area (Å²) in [6, 6.07) is 5.01. The molecule has 0 aliphatic carbocycles. The topological polar surface area (TPSA) is 93.4 Å². The van der Waals surface area contributed by atoms with E-state index in [4.69, 9.17) is 10.5 Å². The van der Waals surface area contributed by atoms with Crippen LogP contribution in [0.1, 0.15) is 6.92 Å². The van der Waals surface area contributed by atoms with Crippen LogP contribution in [0.2, 0.25) is 0 Å². The minimum absolute atomic E-state index is 0. The van der Waals surface area contributed by atoms with Crippen molar-refractivity contribution in [2.45, 2.75) is 13.0 Å². The molecule has 0 spiro atoms. The zero-order valence-electron chi connectivity index (χ0n) is 9.73. The van der Waals surface area contributed by atoms with Crippen LogP contribution >= 0.6 is 12.4 Å². The Bertz CT molecular complexity index is 479. The summed E-state index contributed by atoms with van der Waals surface area (Å²) in [6.07, 6.45) is -0.507. The molecular formula is C11H14ClN3O3. The van der Waals surface area contributed by atoms with Crippen LogP contribution in [0.4, 0.5) is 11.4 Å². The summed E-state index contributed by atoms with van der Waals surface area (Å²) >= 11 is 0. The fraction of sp³-hybridized carbons (Fsp3) is 0.273. The lowest BCUT2D eigenvalue weighted by Crippen LogP contribution is -2.34. The molecule has 0 saturated carbocycles. The summed E-state index contributed by atoms with van der Waals surface area (Å²) in [5.74, 6) is 0.0871. The molecule has 7 heteroatoms. The first-order chi connectivity index (χ1) is 8.10. The van der Waals surface area contributed by atoms with Crippen LogP contribution in [0, 0.1) is 0 Å². The normalized spacial score (nSPS) is 16.8. The number of rotatable bonds is 2. The Morgan fingerprint density at radius 3 is 2.94 bits per heavy atom. The number of nitrogens with one attached hydrogen (secondary N) is 2. The third-order valence-electron chi connectivity index (χ3n) is 2.38. The summed E-state index contributed by atoms with van der Waals surface area (Å²) in [5, 5.41) is 5.29. The second-order valence-corrected chi connectivity index (χ2v) is 3.71. The highest BCUT2D eigenvalue weighted by molar-refractivity contribution is 5.99. The molecule has 0 fully saturated rings. The number of carbonyl (C=O) groups is 2. The van der Waals surface area contributed by atoms with Gasteiger partial charge < -0.3 is 21.1 Å². The van der Waals surface area contributed by atoms with E-state index in [1.807, 2.05) is 0 Å². The second kappa shape index (κ2) is 5.70. The Labute approximate surface area is 110 Å². The average Bonchev–Trinajstić information content (AvgIpc) is 2.31. The Kier molecular flexibility index (Phi) is 4.52. The highest BCUT2D eigenvalue weighted by Crippen LogP contribution is 2.31. The van der Waals surface area contributed by atoms with Crippen LogP contribution in [-0.2, 0) is 9.59 Å². The minimum Gasteiger partial charge on any atom is -0.479 e. The van der Waals surface area contributed by atoms with Gasteiger partial charge in [-0.1, -0.05) is 0 Å². The van der Waals surface area contributed by atoms with Gasteiger partial charge in [-0.3, -0.25) is 9.59 Å². The van der Waals surface area contributed by atoms with Crippen LogP contribution in [0.3, 0.4) is 0 Å². The number of amides is 2. The van der Waals surface area contributed by atoms with Gasteiger partial charge in [-0.15, -0.1) is 12.4 Å². The maximum Gasteiger partial charge on any atom is 0.265 e. The van der Waals surface area contributed by atoms with E-state index in [1.165, 1.54) is 0 Å². The third kappa shape index (κ3) is 2.91. The molecule has 1 aromatic carbocycles. The van der Waals surface area contributed by atoms with Gasteiger partial charge in [0, 0.05) is 5.69 Å². The lowest BCUT2D eigenvalue weighted by molar-refractivity contribution is -0.122. The van der Waals surface area contributed by atoms with Crippen LogP contribution in [0.15, 0.2) is 18.2 Å². The molecule has 1 atom stereocenters. The molecule has 0 radical (unpaired) electrons. The number of nitrogens with two attached hydrogens (primary N) is 1. The van der Waals surface area contributed by atoms with Crippen molar-refractivity contribution in [1.29, 1.82) is 0 Å². The zero-order chi connectivity index (χ0) is 12.4. The number of ether oxygens (including phenoxy) is 1. The number of anilines is 2. The largest absolute Gasteiger partial charge is 0.479 e. The Hall–Kier alpha value is -1.79. The smallest absolute Gasteiger partial charge is 0.265 e. The standard InChI is InChI=1S/C11H13N3O3.ClH/c1-6-11(16)14-8-4-7(13-10(15)5-12)2-3-9(8)17-6;/h2-4,6H,5,12H2,1H3,(H,13,15)(H,14,16);1H. The van der Waals surface area contributed by atoms with Crippen molar-refractivity contribution in [3.05, 3.63) is 18.2 Å². The van der Waals surface area contributed by atoms with Crippen molar-refractivity contribution < 1.29 is 14.3 Å². The highest BCUT2D eigenvalue weighted by Gasteiger charge is 2.23. The molecule has 0 bridgehead atoms. The van der Waals surface area contributed by atoms with Gasteiger partial charge in [0.05, 0.1) is 12.2 Å². The Morgan fingerprint density at radius 1 is 1.56 bits per heavy atom. The summed E-state index contributed by atoms with van der Waals surface area (Å²) in [6.45, 7) is 1.58. The predicted molar refractivity (Wildman–Crippen MR) is 70.1 cm³/mol. The quantitative estimate of drug-likeness (QED) is 0.739. The number of hydrogen-bond acceptors (Lipinski definition) is 4. The molecule has 0 saturated heterocycles. The summed E-state index contributed by atoms with van der Waals surface area (Å²) in [7, 11) is 0. The lowest BCUT2D eigenvalue weighted by atomic mass is 10.2. The number of halogens is 1. The molecule has 0 aromatic heterocycles. The summed E-state index contributed by atoms with van der Waals surface area (Å²) < 4.78 is 5.38. The van der Waals surface area contributed by atoms with E-state index < -0.39 is 6.10 Å². The van der Waals surface area contributed by atoms with Crippen LogP contribution in [0.25, 0.3) is 0 Å². The van der Waals surface area contributed by atoms with Crippen LogP contribution in [0.5, 0.6) is 5.75 Å². The van der Waals surface area contributed by atoms with Gasteiger partial charge in [-0.2, -0.15) is 0 Å². The van der Waals surface area contributed by atoms with Gasteiger partial charge in [-0.05, 0) is 25.1 Å². The number of carbonyl (C=O) groups excluding carboxylic acids is 2. The van der Waals surface area contributed by atoms with E-state index in [0.717, 1.165) is 0 Å². The fourth-order valence-electron chi connectivity index (χ4n) is 1.50. The first-order valence-electron chi connectivity index (χ1n) is 5.21. The van der Waals surface area contributed by atoms with E-state index in [0.29, 0.717) is 17.1 Å². The van der Waals surface area contributed by atoms with Gasteiger partial charge in [-0.25, -0.2) is 0 Å². The molecule has 1 heterocycles.